The largest absolute Gasteiger partial charge is 0.378 e. The van der Waals surface area contributed by atoms with Crippen LogP contribution in [-0.2, 0) is 11.3 Å². The molecule has 0 fully saturated rings. The number of benzene rings is 1. The van der Waals surface area contributed by atoms with Gasteiger partial charge in [-0.1, -0.05) is 0 Å². The fraction of sp³-hybridized carbons (Fsp3) is 0.286. The molecule has 0 aliphatic rings. The van der Waals surface area contributed by atoms with Gasteiger partial charge in [0.1, 0.15) is 11.6 Å². The number of methoxy groups -OCH3 is 1. The van der Waals surface area contributed by atoms with Crippen molar-refractivity contribution < 1.29 is 9.13 Å². The highest BCUT2D eigenvalue weighted by atomic mass is 127. The van der Waals surface area contributed by atoms with Gasteiger partial charge in [0.25, 0.3) is 0 Å². The predicted molar refractivity (Wildman–Crippen MR) is 92.7 cm³/mol. The lowest BCUT2D eigenvalue weighted by Gasteiger charge is -2.12. The first-order chi connectivity index (χ1) is 10.1. The van der Waals surface area contributed by atoms with Crippen LogP contribution in [0.25, 0.3) is 11.4 Å². The number of halogens is 3. The Morgan fingerprint density at radius 1 is 1.38 bits per heavy atom. The highest BCUT2D eigenvalue weighted by Crippen LogP contribution is 2.26. The molecule has 0 spiro atoms. The first-order valence-electron chi connectivity index (χ1n) is 6.31. The number of hydrogen-bond donors (Lipinski definition) is 1. The molecule has 2 aromatic rings. The first kappa shape index (κ1) is 16.6. The quantitative estimate of drug-likeness (QED) is 0.671. The van der Waals surface area contributed by atoms with Crippen LogP contribution in [0.4, 0.5) is 10.2 Å². The summed E-state index contributed by atoms with van der Waals surface area (Å²) in [7, 11) is 1.62. The van der Waals surface area contributed by atoms with Crippen molar-refractivity contribution in [3.8, 4) is 11.4 Å². The fourth-order valence-corrected chi connectivity index (χ4v) is 2.61. The molecule has 1 N–H and O–H groups in total. The second kappa shape index (κ2) is 7.46. The monoisotopic (exact) mass is 465 g/mol. The van der Waals surface area contributed by atoms with Crippen molar-refractivity contribution in [2.45, 2.75) is 13.5 Å². The molecule has 0 aliphatic carbocycles. The van der Waals surface area contributed by atoms with Gasteiger partial charge in [-0.3, -0.25) is 0 Å². The summed E-state index contributed by atoms with van der Waals surface area (Å²) < 4.78 is 20.2. The summed E-state index contributed by atoms with van der Waals surface area (Å²) in [5.41, 5.74) is 1.41. The maximum atomic E-state index is 13.7. The molecule has 1 aromatic heterocycles. The van der Waals surface area contributed by atoms with Gasteiger partial charge in [-0.15, -0.1) is 0 Å². The van der Waals surface area contributed by atoms with Crippen LogP contribution in [-0.4, -0.2) is 23.6 Å². The number of hydrogen-bond acceptors (Lipinski definition) is 4. The Bertz CT molecular complexity index is 627. The molecule has 0 amide bonds. The molecular formula is C14H14BrFIN3O. The van der Waals surface area contributed by atoms with E-state index in [2.05, 4.69) is 53.8 Å². The Morgan fingerprint density at radius 2 is 2.14 bits per heavy atom. The van der Waals surface area contributed by atoms with E-state index in [-0.39, 0.29) is 5.82 Å². The molecular weight excluding hydrogens is 452 g/mol. The van der Waals surface area contributed by atoms with Gasteiger partial charge < -0.3 is 10.1 Å². The minimum absolute atomic E-state index is 0.340. The average molecular weight is 466 g/mol. The molecule has 21 heavy (non-hydrogen) atoms. The van der Waals surface area contributed by atoms with Gasteiger partial charge >= 0.3 is 0 Å². The first-order valence-corrected chi connectivity index (χ1v) is 8.18. The summed E-state index contributed by atoms with van der Waals surface area (Å²) in [4.78, 5) is 8.96. The smallest absolute Gasteiger partial charge is 0.162 e. The van der Waals surface area contributed by atoms with Crippen LogP contribution in [0.2, 0.25) is 0 Å². The van der Waals surface area contributed by atoms with Crippen molar-refractivity contribution in [2.75, 3.05) is 19.0 Å². The molecule has 0 unspecified atom stereocenters. The minimum atomic E-state index is -0.340. The Labute approximate surface area is 144 Å². The van der Waals surface area contributed by atoms with Gasteiger partial charge in [0.2, 0.25) is 0 Å². The maximum absolute atomic E-state index is 13.7. The zero-order valence-electron chi connectivity index (χ0n) is 11.6. The normalized spacial score (nSPS) is 10.7. The predicted octanol–water partition coefficient (Wildman–Crippen LogP) is 4.23. The minimum Gasteiger partial charge on any atom is -0.378 e. The lowest BCUT2D eigenvalue weighted by molar-refractivity contribution is 0.181. The van der Waals surface area contributed by atoms with Crippen LogP contribution in [0.1, 0.15) is 12.6 Å². The molecule has 0 saturated heterocycles. The zero-order chi connectivity index (χ0) is 15.4. The highest BCUT2D eigenvalue weighted by Gasteiger charge is 2.14. The van der Waals surface area contributed by atoms with E-state index in [0.717, 1.165) is 21.6 Å². The molecule has 4 nitrogen and oxygen atoms in total. The summed E-state index contributed by atoms with van der Waals surface area (Å²) >= 11 is 5.33. The second-order valence-corrected chi connectivity index (χ2v) is 6.18. The van der Waals surface area contributed by atoms with E-state index >= 15 is 0 Å². The Kier molecular flexibility index (Phi) is 5.88. The van der Waals surface area contributed by atoms with Crippen molar-refractivity contribution in [3.05, 3.63) is 37.8 Å². The molecule has 1 aromatic carbocycles. The molecule has 112 valence electrons. The van der Waals surface area contributed by atoms with Gasteiger partial charge in [0.05, 0.1) is 20.3 Å². The van der Waals surface area contributed by atoms with Gasteiger partial charge in [-0.25, -0.2) is 14.4 Å². The number of nitrogens with zero attached hydrogens (tertiary/aromatic N) is 2. The third kappa shape index (κ3) is 3.89. The fourth-order valence-electron chi connectivity index (χ4n) is 1.77. The van der Waals surface area contributed by atoms with Gasteiger partial charge in [0, 0.05) is 19.2 Å². The Balaban J connectivity index is 2.53. The number of nitrogens with one attached hydrogen (secondary N) is 1. The van der Waals surface area contributed by atoms with Crippen LogP contribution in [0.3, 0.4) is 0 Å². The van der Waals surface area contributed by atoms with Crippen LogP contribution in [0.15, 0.2) is 22.7 Å². The van der Waals surface area contributed by atoms with Gasteiger partial charge in [0.15, 0.2) is 5.82 Å². The molecule has 2 rings (SSSR count). The molecule has 0 bridgehead atoms. The summed E-state index contributed by atoms with van der Waals surface area (Å²) in [5, 5.41) is 3.19. The van der Waals surface area contributed by atoms with E-state index in [1.54, 1.807) is 19.2 Å². The van der Waals surface area contributed by atoms with E-state index in [0.29, 0.717) is 22.5 Å². The van der Waals surface area contributed by atoms with Crippen LogP contribution < -0.4 is 5.32 Å². The second-order valence-electron chi connectivity index (χ2n) is 4.25. The maximum Gasteiger partial charge on any atom is 0.162 e. The highest BCUT2D eigenvalue weighted by molar-refractivity contribution is 14.1. The molecule has 0 saturated carbocycles. The molecule has 0 radical (unpaired) electrons. The molecule has 7 heteroatoms. The van der Waals surface area contributed by atoms with E-state index in [1.165, 1.54) is 6.07 Å². The van der Waals surface area contributed by atoms with E-state index in [9.17, 15) is 4.39 Å². The van der Waals surface area contributed by atoms with Gasteiger partial charge in [-0.05, 0) is 63.6 Å². The van der Waals surface area contributed by atoms with Gasteiger partial charge in [-0.2, -0.15) is 0 Å². The summed E-state index contributed by atoms with van der Waals surface area (Å²) in [6.45, 7) is 3.12. The number of rotatable bonds is 5. The van der Waals surface area contributed by atoms with E-state index in [1.807, 2.05) is 6.92 Å². The Hall–Kier alpha value is -0.800. The van der Waals surface area contributed by atoms with Crippen LogP contribution in [0.5, 0.6) is 0 Å². The topological polar surface area (TPSA) is 47.0 Å². The van der Waals surface area contributed by atoms with Crippen molar-refractivity contribution in [1.29, 1.82) is 0 Å². The summed E-state index contributed by atoms with van der Waals surface area (Å²) in [6, 6.07) is 4.84. The number of anilines is 1. The van der Waals surface area contributed by atoms with E-state index < -0.39 is 0 Å². The van der Waals surface area contributed by atoms with Crippen LogP contribution >= 0.6 is 38.5 Å². The summed E-state index contributed by atoms with van der Waals surface area (Å²) in [6.07, 6.45) is 0. The van der Waals surface area contributed by atoms with Crippen LogP contribution in [0, 0.1) is 9.39 Å². The van der Waals surface area contributed by atoms with Crippen molar-refractivity contribution in [3.63, 3.8) is 0 Å². The SMILES string of the molecule is CCNc1nc(-c2ccc(Br)c(F)c2)nc(COC)c1I. The lowest BCUT2D eigenvalue weighted by atomic mass is 10.2. The number of aromatic nitrogens is 2. The molecule has 0 aliphatic heterocycles. The summed E-state index contributed by atoms with van der Waals surface area (Å²) in [5.74, 6) is 0.872. The molecule has 1 heterocycles. The average Bonchev–Trinajstić information content (AvgIpc) is 2.46. The lowest BCUT2D eigenvalue weighted by Crippen LogP contribution is -2.08. The third-order valence-corrected chi connectivity index (χ3v) is 4.50. The standard InChI is InChI=1S/C14H14BrFIN3O/c1-3-18-14-12(17)11(7-21-2)19-13(20-14)8-4-5-9(15)10(16)6-8/h4-6H,3,7H2,1-2H3,(H,18,19,20). The Morgan fingerprint density at radius 3 is 2.76 bits per heavy atom. The third-order valence-electron chi connectivity index (χ3n) is 2.72. The van der Waals surface area contributed by atoms with Crippen molar-refractivity contribution in [1.82, 2.24) is 9.97 Å². The van der Waals surface area contributed by atoms with Crippen molar-refractivity contribution >= 4 is 44.3 Å². The number of ether oxygens (including phenoxy) is 1. The molecule has 0 atom stereocenters. The van der Waals surface area contributed by atoms with Crippen molar-refractivity contribution in [2.24, 2.45) is 0 Å². The van der Waals surface area contributed by atoms with E-state index in [4.69, 9.17) is 4.74 Å². The zero-order valence-corrected chi connectivity index (χ0v) is 15.3.